The van der Waals surface area contributed by atoms with Crippen molar-refractivity contribution < 1.29 is 0 Å². The van der Waals surface area contributed by atoms with E-state index >= 15 is 0 Å². The summed E-state index contributed by atoms with van der Waals surface area (Å²) in [4.78, 5) is 0. The molecule has 0 aliphatic carbocycles. The van der Waals surface area contributed by atoms with Gasteiger partial charge in [-0.1, -0.05) is 130 Å². The van der Waals surface area contributed by atoms with Crippen molar-refractivity contribution >= 4 is 0 Å². The van der Waals surface area contributed by atoms with Gasteiger partial charge in [0.15, 0.2) is 0 Å². The van der Waals surface area contributed by atoms with Gasteiger partial charge >= 0.3 is 0 Å². The van der Waals surface area contributed by atoms with Gasteiger partial charge in [0, 0.05) is 0 Å². The molecule has 0 fully saturated rings. The number of allylic oxidation sites excluding steroid dienone is 2. The van der Waals surface area contributed by atoms with E-state index in [0.717, 1.165) is 24.7 Å². The Morgan fingerprint density at radius 1 is 0.556 bits per heavy atom. The lowest BCUT2D eigenvalue weighted by Gasteiger charge is -2.18. The molecule has 0 spiro atoms. The molecule has 0 aromatic rings. The Hall–Kier alpha value is -0.260. The molecule has 0 N–H and O–H groups in total. The van der Waals surface area contributed by atoms with Crippen molar-refractivity contribution in [1.82, 2.24) is 0 Å². The molecule has 1 unspecified atom stereocenters. The Labute approximate surface area is 174 Å². The summed E-state index contributed by atoms with van der Waals surface area (Å²) < 4.78 is 0. The van der Waals surface area contributed by atoms with Crippen LogP contribution in [0, 0.1) is 25.7 Å². The molecule has 0 saturated carbocycles. The van der Waals surface area contributed by atoms with Crippen molar-refractivity contribution in [3.05, 3.63) is 26.0 Å². The zero-order chi connectivity index (χ0) is 20.0. The van der Waals surface area contributed by atoms with Gasteiger partial charge in [-0.25, -0.2) is 0 Å². The summed E-state index contributed by atoms with van der Waals surface area (Å²) in [5.41, 5.74) is 0. The van der Waals surface area contributed by atoms with E-state index < -0.39 is 0 Å². The third-order valence-electron chi connectivity index (χ3n) is 5.69. The second-order valence-corrected chi connectivity index (χ2v) is 9.07. The molecule has 0 aliphatic rings. The van der Waals surface area contributed by atoms with E-state index in [4.69, 9.17) is 0 Å². The van der Waals surface area contributed by atoms with Gasteiger partial charge in [-0.05, 0) is 43.9 Å². The minimum absolute atomic E-state index is 0.851. The first kappa shape index (κ1) is 26.7. The van der Waals surface area contributed by atoms with E-state index in [2.05, 4.69) is 39.8 Å². The van der Waals surface area contributed by atoms with Crippen LogP contribution >= 0.6 is 0 Å². The molecule has 2 radical (unpaired) electrons. The number of hydrogen-bond donors (Lipinski definition) is 0. The van der Waals surface area contributed by atoms with Crippen molar-refractivity contribution in [3.8, 4) is 0 Å². The molecule has 0 aromatic heterocycles. The standard InChI is InChI=1S/C27H52/c1-5-7-9-10-11-12-13-14-15-16-17-18-19-20-21-22-24-27(23-8-6-2)25-26(3)4/h16-17,26-27H,1-2,5-15,18-25H2,3-4H3. The van der Waals surface area contributed by atoms with Gasteiger partial charge in [-0.3, -0.25) is 0 Å². The molecule has 0 bridgehead atoms. The van der Waals surface area contributed by atoms with Crippen molar-refractivity contribution in [1.29, 1.82) is 0 Å². The topological polar surface area (TPSA) is 0 Å². The zero-order valence-electron chi connectivity index (χ0n) is 19.2. The van der Waals surface area contributed by atoms with Gasteiger partial charge in [-0.2, -0.15) is 0 Å². The average molecular weight is 377 g/mol. The predicted molar refractivity (Wildman–Crippen MR) is 126 cm³/mol. The Balaban J connectivity index is 3.38. The van der Waals surface area contributed by atoms with Crippen LogP contribution in [0.5, 0.6) is 0 Å². The minimum Gasteiger partial charge on any atom is -0.0885 e. The van der Waals surface area contributed by atoms with Crippen LogP contribution in [0.4, 0.5) is 0 Å². The first-order valence-corrected chi connectivity index (χ1v) is 12.4. The Kier molecular flexibility index (Phi) is 21.8. The molecular weight excluding hydrogens is 324 g/mol. The molecule has 0 heterocycles. The SMILES string of the molecule is [CH2]CCCCCCCCCC=CCCCCCCC(CCC[CH2])CC(C)C. The first-order chi connectivity index (χ1) is 13.2. The van der Waals surface area contributed by atoms with Gasteiger partial charge in [0.1, 0.15) is 0 Å². The quantitative estimate of drug-likeness (QED) is 0.138. The second-order valence-electron chi connectivity index (χ2n) is 9.07. The summed E-state index contributed by atoms with van der Waals surface area (Å²) >= 11 is 0. The lowest BCUT2D eigenvalue weighted by Crippen LogP contribution is -2.05. The highest BCUT2D eigenvalue weighted by Gasteiger charge is 2.10. The third kappa shape index (κ3) is 21.9. The van der Waals surface area contributed by atoms with E-state index in [0.29, 0.717) is 0 Å². The lowest BCUT2D eigenvalue weighted by atomic mass is 9.88. The van der Waals surface area contributed by atoms with Crippen LogP contribution in [0.3, 0.4) is 0 Å². The normalized spacial score (nSPS) is 13.1. The van der Waals surface area contributed by atoms with Crippen molar-refractivity contribution in [2.75, 3.05) is 0 Å². The van der Waals surface area contributed by atoms with Crippen molar-refractivity contribution in [2.45, 2.75) is 136 Å². The number of unbranched alkanes of at least 4 members (excludes halogenated alkanes) is 13. The fourth-order valence-corrected chi connectivity index (χ4v) is 4.09. The Bertz CT molecular complexity index is 288. The lowest BCUT2D eigenvalue weighted by molar-refractivity contribution is 0.345. The second kappa shape index (κ2) is 22.0. The maximum absolute atomic E-state index is 4.01. The fourth-order valence-electron chi connectivity index (χ4n) is 4.09. The molecule has 0 heteroatoms. The summed E-state index contributed by atoms with van der Waals surface area (Å²) in [7, 11) is 0. The molecule has 160 valence electrons. The van der Waals surface area contributed by atoms with Gasteiger partial charge in [-0.15, -0.1) is 0 Å². The highest BCUT2D eigenvalue weighted by atomic mass is 14.2. The van der Waals surface area contributed by atoms with Crippen LogP contribution < -0.4 is 0 Å². The predicted octanol–water partition coefficient (Wildman–Crippen LogP) is 9.89. The van der Waals surface area contributed by atoms with Gasteiger partial charge in [0.25, 0.3) is 0 Å². The molecule has 0 saturated heterocycles. The molecule has 0 aromatic carbocycles. The van der Waals surface area contributed by atoms with Crippen LogP contribution in [-0.2, 0) is 0 Å². The molecule has 0 nitrogen and oxygen atoms in total. The first-order valence-electron chi connectivity index (χ1n) is 12.4. The smallest absolute Gasteiger partial charge is 0.0351 e. The van der Waals surface area contributed by atoms with Crippen LogP contribution in [0.1, 0.15) is 136 Å². The number of hydrogen-bond acceptors (Lipinski definition) is 0. The van der Waals surface area contributed by atoms with Crippen molar-refractivity contribution in [2.24, 2.45) is 11.8 Å². The molecule has 27 heavy (non-hydrogen) atoms. The van der Waals surface area contributed by atoms with Crippen LogP contribution in [0.15, 0.2) is 12.2 Å². The maximum atomic E-state index is 4.01. The highest BCUT2D eigenvalue weighted by molar-refractivity contribution is 4.81. The summed E-state index contributed by atoms with van der Waals surface area (Å²) in [6, 6.07) is 0. The molecule has 0 aliphatic heterocycles. The van der Waals surface area contributed by atoms with Gasteiger partial charge in [0.05, 0.1) is 0 Å². The summed E-state index contributed by atoms with van der Waals surface area (Å²) in [6.07, 6.45) is 30.7. The molecular formula is C27H52. The van der Waals surface area contributed by atoms with Crippen molar-refractivity contribution in [3.63, 3.8) is 0 Å². The molecule has 0 amide bonds. The summed E-state index contributed by atoms with van der Waals surface area (Å²) in [5.74, 6) is 1.80. The number of rotatable bonds is 21. The Morgan fingerprint density at radius 3 is 1.52 bits per heavy atom. The summed E-state index contributed by atoms with van der Waals surface area (Å²) in [6.45, 7) is 12.7. The van der Waals surface area contributed by atoms with E-state index in [-0.39, 0.29) is 0 Å². The van der Waals surface area contributed by atoms with Crippen LogP contribution in [0.25, 0.3) is 0 Å². The maximum Gasteiger partial charge on any atom is -0.0351 e. The van der Waals surface area contributed by atoms with Gasteiger partial charge in [0.2, 0.25) is 0 Å². The summed E-state index contributed by atoms with van der Waals surface area (Å²) in [5, 5.41) is 0. The molecule has 0 rings (SSSR count). The monoisotopic (exact) mass is 376 g/mol. The van der Waals surface area contributed by atoms with E-state index in [1.54, 1.807) is 0 Å². The van der Waals surface area contributed by atoms with Gasteiger partial charge < -0.3 is 0 Å². The minimum atomic E-state index is 0.851. The fraction of sp³-hybridized carbons (Fsp3) is 0.852. The molecule has 1 atom stereocenters. The van der Waals surface area contributed by atoms with E-state index in [1.165, 1.54) is 109 Å². The highest BCUT2D eigenvalue weighted by Crippen LogP contribution is 2.24. The van der Waals surface area contributed by atoms with E-state index in [9.17, 15) is 0 Å². The van der Waals surface area contributed by atoms with Crippen LogP contribution in [0.2, 0.25) is 0 Å². The van der Waals surface area contributed by atoms with E-state index in [1.807, 2.05) is 0 Å². The average Bonchev–Trinajstić information content (AvgIpc) is 2.65. The Morgan fingerprint density at radius 2 is 1.00 bits per heavy atom. The largest absolute Gasteiger partial charge is 0.0885 e. The zero-order valence-corrected chi connectivity index (χ0v) is 19.2. The third-order valence-corrected chi connectivity index (χ3v) is 5.69. The van der Waals surface area contributed by atoms with Crippen LogP contribution in [-0.4, -0.2) is 0 Å².